The standard InChI is InChI=1S/C12H14N4O/c13-5-9-1-3-11(4-2-9)16-7-10(6-14)15-12(17)8-16/h1-4,10H,6-8,14H2,(H,15,17). The minimum atomic E-state index is -0.0175. The summed E-state index contributed by atoms with van der Waals surface area (Å²) >= 11 is 0. The number of anilines is 1. The average Bonchev–Trinajstić information content (AvgIpc) is 2.38. The maximum absolute atomic E-state index is 11.5. The topological polar surface area (TPSA) is 82.2 Å². The highest BCUT2D eigenvalue weighted by Crippen LogP contribution is 2.16. The van der Waals surface area contributed by atoms with Gasteiger partial charge in [-0.15, -0.1) is 0 Å². The fraction of sp³-hybridized carbons (Fsp3) is 0.333. The Morgan fingerprint density at radius 1 is 1.47 bits per heavy atom. The van der Waals surface area contributed by atoms with Crippen molar-refractivity contribution in [3.8, 4) is 6.07 Å². The summed E-state index contributed by atoms with van der Waals surface area (Å²) in [6, 6.07) is 9.26. The third kappa shape index (κ3) is 2.55. The Kier molecular flexibility index (Phi) is 3.26. The minimum absolute atomic E-state index is 0.00751. The van der Waals surface area contributed by atoms with Gasteiger partial charge in [-0.3, -0.25) is 4.79 Å². The zero-order valence-corrected chi connectivity index (χ0v) is 9.39. The number of benzene rings is 1. The van der Waals surface area contributed by atoms with Crippen LogP contribution in [0.5, 0.6) is 0 Å². The van der Waals surface area contributed by atoms with E-state index in [-0.39, 0.29) is 11.9 Å². The van der Waals surface area contributed by atoms with E-state index in [1.165, 1.54) is 0 Å². The summed E-state index contributed by atoms with van der Waals surface area (Å²) in [6.07, 6.45) is 0. The summed E-state index contributed by atoms with van der Waals surface area (Å²) in [7, 11) is 0. The Hall–Kier alpha value is -2.06. The highest BCUT2D eigenvalue weighted by atomic mass is 16.2. The number of carbonyl (C=O) groups is 1. The minimum Gasteiger partial charge on any atom is -0.360 e. The SMILES string of the molecule is N#Cc1ccc(N2CC(=O)NC(CN)C2)cc1. The first-order valence-electron chi connectivity index (χ1n) is 5.47. The predicted molar refractivity (Wildman–Crippen MR) is 64.4 cm³/mol. The van der Waals surface area contributed by atoms with Crippen molar-refractivity contribution in [1.29, 1.82) is 5.26 Å². The van der Waals surface area contributed by atoms with Gasteiger partial charge in [0.2, 0.25) is 5.91 Å². The number of nitriles is 1. The first-order chi connectivity index (χ1) is 8.22. The van der Waals surface area contributed by atoms with E-state index in [1.54, 1.807) is 12.1 Å². The molecule has 3 N–H and O–H groups in total. The van der Waals surface area contributed by atoms with Crippen LogP contribution in [0.1, 0.15) is 5.56 Å². The molecule has 5 nitrogen and oxygen atoms in total. The van der Waals surface area contributed by atoms with Gasteiger partial charge >= 0.3 is 0 Å². The van der Waals surface area contributed by atoms with Gasteiger partial charge in [-0.1, -0.05) is 0 Å². The van der Waals surface area contributed by atoms with Crippen LogP contribution in [0.4, 0.5) is 5.69 Å². The zero-order chi connectivity index (χ0) is 12.3. The summed E-state index contributed by atoms with van der Waals surface area (Å²) in [4.78, 5) is 13.4. The second-order valence-electron chi connectivity index (χ2n) is 4.04. The van der Waals surface area contributed by atoms with E-state index in [2.05, 4.69) is 11.4 Å². The summed E-state index contributed by atoms with van der Waals surface area (Å²) < 4.78 is 0. The summed E-state index contributed by atoms with van der Waals surface area (Å²) in [5.74, 6) is -0.0175. The molecule has 17 heavy (non-hydrogen) atoms. The van der Waals surface area contributed by atoms with Crippen LogP contribution in [0.3, 0.4) is 0 Å². The van der Waals surface area contributed by atoms with Gasteiger partial charge in [-0.25, -0.2) is 0 Å². The molecule has 1 fully saturated rings. The predicted octanol–water partition coefficient (Wildman–Crippen LogP) is -0.178. The molecule has 2 rings (SSSR count). The summed E-state index contributed by atoms with van der Waals surface area (Å²) in [5, 5.41) is 11.5. The smallest absolute Gasteiger partial charge is 0.239 e. The number of piperazine rings is 1. The largest absolute Gasteiger partial charge is 0.360 e. The number of nitrogens with zero attached hydrogens (tertiary/aromatic N) is 2. The number of hydrogen-bond donors (Lipinski definition) is 2. The monoisotopic (exact) mass is 230 g/mol. The van der Waals surface area contributed by atoms with E-state index in [9.17, 15) is 4.79 Å². The fourth-order valence-corrected chi connectivity index (χ4v) is 1.90. The summed E-state index contributed by atoms with van der Waals surface area (Å²) in [6.45, 7) is 1.47. The van der Waals surface area contributed by atoms with Crippen molar-refractivity contribution in [2.45, 2.75) is 6.04 Å². The van der Waals surface area contributed by atoms with Gasteiger partial charge in [-0.05, 0) is 24.3 Å². The van der Waals surface area contributed by atoms with Crippen LogP contribution in [0.15, 0.2) is 24.3 Å². The normalized spacial score (nSPS) is 19.6. The molecular weight excluding hydrogens is 216 g/mol. The second kappa shape index (κ2) is 4.85. The van der Waals surface area contributed by atoms with Crippen LogP contribution in [-0.4, -0.2) is 31.6 Å². The molecule has 0 saturated carbocycles. The van der Waals surface area contributed by atoms with Crippen LogP contribution in [0.2, 0.25) is 0 Å². The van der Waals surface area contributed by atoms with Crippen LogP contribution in [-0.2, 0) is 4.79 Å². The third-order valence-electron chi connectivity index (χ3n) is 2.79. The van der Waals surface area contributed by atoms with Crippen molar-refractivity contribution < 1.29 is 4.79 Å². The molecule has 0 aliphatic carbocycles. The summed E-state index contributed by atoms with van der Waals surface area (Å²) in [5.41, 5.74) is 7.13. The van der Waals surface area contributed by atoms with E-state index in [4.69, 9.17) is 11.0 Å². The van der Waals surface area contributed by atoms with E-state index >= 15 is 0 Å². The van der Waals surface area contributed by atoms with Crippen LogP contribution in [0.25, 0.3) is 0 Å². The van der Waals surface area contributed by atoms with Gasteiger partial charge in [0.05, 0.1) is 24.2 Å². The Morgan fingerprint density at radius 2 is 2.18 bits per heavy atom. The highest BCUT2D eigenvalue weighted by molar-refractivity contribution is 5.83. The fourth-order valence-electron chi connectivity index (χ4n) is 1.90. The number of carbonyl (C=O) groups excluding carboxylic acids is 1. The Morgan fingerprint density at radius 3 is 2.76 bits per heavy atom. The molecule has 1 aliphatic rings. The van der Waals surface area contributed by atoms with Crippen molar-refractivity contribution in [3.05, 3.63) is 29.8 Å². The molecule has 0 aromatic heterocycles. The number of nitrogens with two attached hydrogens (primary N) is 1. The molecule has 1 aromatic carbocycles. The van der Waals surface area contributed by atoms with Crippen molar-refractivity contribution in [1.82, 2.24) is 5.32 Å². The molecule has 1 aliphatic heterocycles. The zero-order valence-electron chi connectivity index (χ0n) is 9.39. The van der Waals surface area contributed by atoms with E-state index < -0.39 is 0 Å². The molecule has 1 aromatic rings. The molecule has 5 heteroatoms. The van der Waals surface area contributed by atoms with E-state index in [1.807, 2.05) is 17.0 Å². The number of nitrogens with one attached hydrogen (secondary N) is 1. The molecule has 0 spiro atoms. The Balaban J connectivity index is 2.15. The van der Waals surface area contributed by atoms with Gasteiger partial charge < -0.3 is 16.0 Å². The van der Waals surface area contributed by atoms with Gasteiger partial charge in [-0.2, -0.15) is 5.26 Å². The van der Waals surface area contributed by atoms with Gasteiger partial charge in [0.25, 0.3) is 0 Å². The van der Waals surface area contributed by atoms with E-state index in [0.29, 0.717) is 25.2 Å². The molecule has 0 bridgehead atoms. The van der Waals surface area contributed by atoms with Crippen LogP contribution < -0.4 is 16.0 Å². The third-order valence-corrected chi connectivity index (χ3v) is 2.79. The molecule has 1 unspecified atom stereocenters. The van der Waals surface area contributed by atoms with Gasteiger partial charge in [0, 0.05) is 18.8 Å². The van der Waals surface area contributed by atoms with Crippen molar-refractivity contribution >= 4 is 11.6 Å². The van der Waals surface area contributed by atoms with Gasteiger partial charge in [0.1, 0.15) is 0 Å². The lowest BCUT2D eigenvalue weighted by Gasteiger charge is -2.34. The van der Waals surface area contributed by atoms with Crippen LogP contribution in [0, 0.1) is 11.3 Å². The number of rotatable bonds is 2. The van der Waals surface area contributed by atoms with Crippen molar-refractivity contribution in [2.75, 3.05) is 24.5 Å². The van der Waals surface area contributed by atoms with Crippen molar-refractivity contribution in [2.24, 2.45) is 5.73 Å². The first-order valence-corrected chi connectivity index (χ1v) is 5.47. The average molecular weight is 230 g/mol. The molecular formula is C12H14N4O. The Bertz CT molecular complexity index is 449. The van der Waals surface area contributed by atoms with Crippen LogP contribution >= 0.6 is 0 Å². The molecule has 1 saturated heterocycles. The maximum Gasteiger partial charge on any atom is 0.239 e. The lowest BCUT2D eigenvalue weighted by molar-refractivity contribution is -0.121. The van der Waals surface area contributed by atoms with E-state index in [0.717, 1.165) is 5.69 Å². The molecule has 88 valence electrons. The molecule has 1 amide bonds. The number of amides is 1. The quantitative estimate of drug-likeness (QED) is 0.738. The van der Waals surface area contributed by atoms with Crippen molar-refractivity contribution in [3.63, 3.8) is 0 Å². The van der Waals surface area contributed by atoms with Gasteiger partial charge in [0.15, 0.2) is 0 Å². The molecule has 1 heterocycles. The lowest BCUT2D eigenvalue weighted by Crippen LogP contribution is -2.56. The molecule has 1 atom stereocenters. The highest BCUT2D eigenvalue weighted by Gasteiger charge is 2.23. The number of hydrogen-bond acceptors (Lipinski definition) is 4. The molecule has 0 radical (unpaired) electrons. The second-order valence-corrected chi connectivity index (χ2v) is 4.04. The maximum atomic E-state index is 11.5. The first kappa shape index (κ1) is 11.4. The lowest BCUT2D eigenvalue weighted by atomic mass is 10.1. The Labute approximate surface area is 99.8 Å².